The van der Waals surface area contributed by atoms with Gasteiger partial charge in [-0.2, -0.15) is 0 Å². The Morgan fingerprint density at radius 2 is 2.20 bits per heavy atom. The second-order valence-electron chi connectivity index (χ2n) is 5.05. The molecule has 7 nitrogen and oxygen atoms in total. The van der Waals surface area contributed by atoms with Gasteiger partial charge in [-0.25, -0.2) is 0 Å². The number of hydrogen-bond donors (Lipinski definition) is 1. The minimum Gasteiger partial charge on any atom is -0.391 e. The number of amides is 1. The second-order valence-corrected chi connectivity index (χ2v) is 5.05. The summed E-state index contributed by atoms with van der Waals surface area (Å²) in [5.74, 6) is -0.208. The number of carbonyl (C=O) groups is 1. The smallest absolute Gasteiger partial charge is 0.292 e. The van der Waals surface area contributed by atoms with Crippen molar-refractivity contribution in [3.05, 3.63) is 33.9 Å². The molecule has 20 heavy (non-hydrogen) atoms. The van der Waals surface area contributed by atoms with Gasteiger partial charge in [0, 0.05) is 38.8 Å². The molecule has 1 aliphatic rings. The number of nitro benzene ring substituents is 1. The third kappa shape index (κ3) is 2.72. The van der Waals surface area contributed by atoms with E-state index in [-0.39, 0.29) is 11.6 Å². The molecule has 1 aromatic rings. The Hall–Kier alpha value is -2.15. The Morgan fingerprint density at radius 3 is 2.70 bits per heavy atom. The van der Waals surface area contributed by atoms with E-state index < -0.39 is 11.0 Å². The number of aliphatic hydroxyl groups excluding tert-OH is 1. The number of nitro groups is 1. The summed E-state index contributed by atoms with van der Waals surface area (Å²) in [4.78, 5) is 25.7. The molecule has 1 amide bonds. The van der Waals surface area contributed by atoms with Crippen LogP contribution in [0.3, 0.4) is 0 Å². The van der Waals surface area contributed by atoms with Gasteiger partial charge in [0.25, 0.3) is 11.6 Å². The monoisotopic (exact) mass is 279 g/mol. The molecular formula is C13H17N3O4. The summed E-state index contributed by atoms with van der Waals surface area (Å²) in [5.41, 5.74) is 0.741. The lowest BCUT2D eigenvalue weighted by atomic mass is 10.1. The van der Waals surface area contributed by atoms with Crippen LogP contribution < -0.4 is 4.90 Å². The minimum atomic E-state index is -0.484. The Balaban J connectivity index is 2.42. The minimum absolute atomic E-state index is 0.0468. The van der Waals surface area contributed by atoms with Gasteiger partial charge in [-0.05, 0) is 18.6 Å². The molecule has 1 atom stereocenters. The Morgan fingerprint density at radius 1 is 1.50 bits per heavy atom. The van der Waals surface area contributed by atoms with E-state index in [9.17, 15) is 20.0 Å². The molecule has 1 unspecified atom stereocenters. The molecular weight excluding hydrogens is 262 g/mol. The number of anilines is 1. The molecule has 2 rings (SSSR count). The molecule has 0 aliphatic carbocycles. The van der Waals surface area contributed by atoms with Gasteiger partial charge >= 0.3 is 0 Å². The fraction of sp³-hybridized carbons (Fsp3) is 0.462. The van der Waals surface area contributed by atoms with Crippen molar-refractivity contribution in [2.45, 2.75) is 12.5 Å². The average molecular weight is 279 g/mol. The average Bonchev–Trinajstić information content (AvgIpc) is 2.83. The third-order valence-electron chi connectivity index (χ3n) is 3.33. The molecule has 1 aliphatic heterocycles. The highest BCUT2D eigenvalue weighted by atomic mass is 16.6. The highest BCUT2D eigenvalue weighted by molar-refractivity contribution is 5.95. The van der Waals surface area contributed by atoms with Gasteiger partial charge in [-0.3, -0.25) is 14.9 Å². The largest absolute Gasteiger partial charge is 0.391 e. The number of carbonyl (C=O) groups excluding carboxylic acids is 1. The van der Waals surface area contributed by atoms with E-state index in [2.05, 4.69) is 0 Å². The molecule has 0 radical (unpaired) electrons. The highest BCUT2D eigenvalue weighted by Crippen LogP contribution is 2.32. The van der Waals surface area contributed by atoms with Gasteiger partial charge in [0.1, 0.15) is 5.69 Å². The number of β-amino-alcohol motifs (C(OH)–C–C–N with tert-alkyl or cyclic N) is 1. The molecule has 0 saturated carbocycles. The van der Waals surface area contributed by atoms with Crippen LogP contribution in [0.4, 0.5) is 11.4 Å². The summed E-state index contributed by atoms with van der Waals surface area (Å²) in [6.07, 6.45) is 0.0889. The molecule has 0 spiro atoms. The first-order valence-electron chi connectivity index (χ1n) is 6.33. The van der Waals surface area contributed by atoms with E-state index in [1.54, 1.807) is 19.0 Å². The standard InChI is InChI=1S/C13H17N3O4/c1-14(2)13(18)9-3-4-11(16(19)20)12(7-9)15-6-5-10(17)8-15/h3-4,7,10,17H,5-6,8H2,1-2H3. The molecule has 7 heteroatoms. The fourth-order valence-corrected chi connectivity index (χ4v) is 2.28. The van der Waals surface area contributed by atoms with Crippen LogP contribution in [0.5, 0.6) is 0 Å². The van der Waals surface area contributed by atoms with Gasteiger partial charge in [0.15, 0.2) is 0 Å². The number of nitrogens with zero attached hydrogens (tertiary/aromatic N) is 3. The van der Waals surface area contributed by atoms with Crippen LogP contribution >= 0.6 is 0 Å². The topological polar surface area (TPSA) is 86.9 Å². The first-order chi connectivity index (χ1) is 9.40. The van der Waals surface area contributed by atoms with E-state index in [0.29, 0.717) is 30.8 Å². The van der Waals surface area contributed by atoms with Crippen LogP contribution in [0.1, 0.15) is 16.8 Å². The van der Waals surface area contributed by atoms with E-state index in [1.165, 1.54) is 23.1 Å². The van der Waals surface area contributed by atoms with Crippen LogP contribution in [0.2, 0.25) is 0 Å². The predicted octanol–water partition coefficient (Wildman–Crippen LogP) is 0.868. The van der Waals surface area contributed by atoms with Crippen LogP contribution in [-0.4, -0.2) is 54.1 Å². The van der Waals surface area contributed by atoms with Crippen LogP contribution in [0, 0.1) is 10.1 Å². The lowest BCUT2D eigenvalue weighted by Crippen LogP contribution is -2.24. The van der Waals surface area contributed by atoms with Crippen molar-refractivity contribution in [1.29, 1.82) is 0 Å². The highest BCUT2D eigenvalue weighted by Gasteiger charge is 2.27. The molecule has 1 aromatic carbocycles. The SMILES string of the molecule is CN(C)C(=O)c1ccc([N+](=O)[O-])c(N2CCC(O)C2)c1. The van der Waals surface area contributed by atoms with Gasteiger partial charge in [-0.15, -0.1) is 0 Å². The maximum Gasteiger partial charge on any atom is 0.292 e. The predicted molar refractivity (Wildman–Crippen MR) is 74.0 cm³/mol. The summed E-state index contributed by atoms with van der Waals surface area (Å²) < 4.78 is 0. The maximum atomic E-state index is 11.9. The lowest BCUT2D eigenvalue weighted by Gasteiger charge is -2.19. The van der Waals surface area contributed by atoms with Gasteiger partial charge < -0.3 is 14.9 Å². The molecule has 1 N–H and O–H groups in total. The number of hydrogen-bond acceptors (Lipinski definition) is 5. The summed E-state index contributed by atoms with van der Waals surface area (Å²) in [7, 11) is 3.26. The third-order valence-corrected chi connectivity index (χ3v) is 3.33. The first-order valence-corrected chi connectivity index (χ1v) is 6.33. The van der Waals surface area contributed by atoms with Crippen molar-refractivity contribution >= 4 is 17.3 Å². The molecule has 1 saturated heterocycles. The Bertz CT molecular complexity index is 544. The van der Waals surface area contributed by atoms with E-state index in [4.69, 9.17) is 0 Å². The van der Waals surface area contributed by atoms with Gasteiger partial charge in [0.2, 0.25) is 0 Å². The molecule has 1 heterocycles. The van der Waals surface area contributed by atoms with E-state index in [0.717, 1.165) is 0 Å². The zero-order valence-corrected chi connectivity index (χ0v) is 11.4. The summed E-state index contributed by atoms with van der Waals surface area (Å²) >= 11 is 0. The fourth-order valence-electron chi connectivity index (χ4n) is 2.28. The van der Waals surface area contributed by atoms with E-state index >= 15 is 0 Å². The zero-order valence-electron chi connectivity index (χ0n) is 11.4. The van der Waals surface area contributed by atoms with Crippen molar-refractivity contribution in [3.8, 4) is 0 Å². The number of aliphatic hydroxyl groups is 1. The molecule has 108 valence electrons. The van der Waals surface area contributed by atoms with Crippen molar-refractivity contribution < 1.29 is 14.8 Å². The van der Waals surface area contributed by atoms with Gasteiger partial charge in [0.05, 0.1) is 11.0 Å². The maximum absolute atomic E-state index is 11.9. The van der Waals surface area contributed by atoms with Crippen LogP contribution in [0.25, 0.3) is 0 Å². The molecule has 0 aromatic heterocycles. The zero-order chi connectivity index (χ0) is 14.9. The van der Waals surface area contributed by atoms with Crippen molar-refractivity contribution in [3.63, 3.8) is 0 Å². The molecule has 0 bridgehead atoms. The number of benzene rings is 1. The Kier molecular flexibility index (Phi) is 3.89. The van der Waals surface area contributed by atoms with Crippen molar-refractivity contribution in [1.82, 2.24) is 4.90 Å². The summed E-state index contributed by atoms with van der Waals surface area (Å²) in [6.45, 7) is 0.891. The summed E-state index contributed by atoms with van der Waals surface area (Å²) in [6, 6.07) is 4.33. The van der Waals surface area contributed by atoms with Gasteiger partial charge in [-0.1, -0.05) is 0 Å². The van der Waals surface area contributed by atoms with Crippen LogP contribution in [0.15, 0.2) is 18.2 Å². The number of rotatable bonds is 3. The molecule has 1 fully saturated rings. The summed E-state index contributed by atoms with van der Waals surface area (Å²) in [5, 5.41) is 20.7. The van der Waals surface area contributed by atoms with E-state index in [1.807, 2.05) is 0 Å². The Labute approximate surface area is 116 Å². The van der Waals surface area contributed by atoms with Crippen LogP contribution in [-0.2, 0) is 0 Å². The quantitative estimate of drug-likeness (QED) is 0.655. The van der Waals surface area contributed by atoms with Crippen molar-refractivity contribution in [2.24, 2.45) is 0 Å². The normalized spacial score (nSPS) is 18.1. The lowest BCUT2D eigenvalue weighted by molar-refractivity contribution is -0.384. The first kappa shape index (κ1) is 14.3. The van der Waals surface area contributed by atoms with Crippen molar-refractivity contribution in [2.75, 3.05) is 32.1 Å². The second kappa shape index (κ2) is 5.46.